The lowest BCUT2D eigenvalue weighted by molar-refractivity contribution is 0.0338. The van der Waals surface area contributed by atoms with Crippen molar-refractivity contribution >= 4 is 43.5 Å². The summed E-state index contributed by atoms with van der Waals surface area (Å²) in [5, 5.41) is 19.7. The van der Waals surface area contributed by atoms with Gasteiger partial charge in [0.2, 0.25) is 0 Å². The summed E-state index contributed by atoms with van der Waals surface area (Å²) in [6.45, 7) is 0. The maximum Gasteiger partial charge on any atom is 0.129 e. The summed E-state index contributed by atoms with van der Waals surface area (Å²) < 4.78 is 0.620. The van der Waals surface area contributed by atoms with Crippen molar-refractivity contribution in [2.45, 2.75) is 12.2 Å². The number of aliphatic hydroxyl groups is 2. The van der Waals surface area contributed by atoms with Crippen molar-refractivity contribution in [1.29, 1.82) is 0 Å². The van der Waals surface area contributed by atoms with Crippen LogP contribution in [0.3, 0.4) is 0 Å². The zero-order valence-corrected chi connectivity index (χ0v) is 10.9. The van der Waals surface area contributed by atoms with E-state index < -0.39 is 12.2 Å². The van der Waals surface area contributed by atoms with E-state index in [-0.39, 0.29) is 5.15 Å². The number of pyridine rings is 1. The van der Waals surface area contributed by atoms with Crippen LogP contribution in [0.1, 0.15) is 11.7 Å². The van der Waals surface area contributed by atoms with Crippen molar-refractivity contribution in [3.05, 3.63) is 27.5 Å². The number of halogens is 3. The molecule has 1 rings (SSSR count). The Morgan fingerprint density at radius 3 is 2.71 bits per heavy atom. The van der Waals surface area contributed by atoms with Crippen LogP contribution in [-0.2, 0) is 0 Å². The Morgan fingerprint density at radius 1 is 1.50 bits per heavy atom. The van der Waals surface area contributed by atoms with Crippen molar-refractivity contribution in [1.82, 2.24) is 4.98 Å². The molecule has 0 aromatic carbocycles. The second-order valence-corrected chi connectivity index (χ2v) is 4.58. The van der Waals surface area contributed by atoms with Gasteiger partial charge in [-0.05, 0) is 22.0 Å². The zero-order chi connectivity index (χ0) is 10.7. The molecular weight excluding hydrogens is 337 g/mol. The Kier molecular flexibility index (Phi) is 4.79. The maximum absolute atomic E-state index is 9.70. The predicted octanol–water partition coefficient (Wildman–Crippen LogP) is 2.29. The molecule has 0 aliphatic rings. The SMILES string of the molecule is OC(CBr)C(O)c1cc(Cl)ncc1Br. The molecule has 14 heavy (non-hydrogen) atoms. The van der Waals surface area contributed by atoms with Crippen LogP contribution < -0.4 is 0 Å². The number of aromatic nitrogens is 1. The van der Waals surface area contributed by atoms with Gasteiger partial charge in [0.15, 0.2) is 0 Å². The Hall–Kier alpha value is 0.320. The highest BCUT2D eigenvalue weighted by Gasteiger charge is 2.20. The maximum atomic E-state index is 9.70. The number of aliphatic hydroxyl groups excluding tert-OH is 2. The molecule has 1 aromatic rings. The molecule has 6 heteroatoms. The summed E-state index contributed by atoms with van der Waals surface area (Å²) in [4.78, 5) is 3.82. The molecule has 0 radical (unpaired) electrons. The monoisotopic (exact) mass is 343 g/mol. The van der Waals surface area contributed by atoms with Crippen molar-refractivity contribution in [2.75, 3.05) is 5.33 Å². The molecule has 0 saturated heterocycles. The number of alkyl halides is 1. The van der Waals surface area contributed by atoms with Gasteiger partial charge < -0.3 is 10.2 Å². The number of hydrogen-bond donors (Lipinski definition) is 2. The Balaban J connectivity index is 2.99. The van der Waals surface area contributed by atoms with Crippen LogP contribution in [0.2, 0.25) is 5.15 Å². The minimum Gasteiger partial charge on any atom is -0.389 e. The molecule has 1 aromatic heterocycles. The summed E-state index contributed by atoms with van der Waals surface area (Å²) in [5.41, 5.74) is 0.525. The third-order valence-electron chi connectivity index (χ3n) is 1.69. The molecule has 78 valence electrons. The van der Waals surface area contributed by atoms with Crippen LogP contribution >= 0.6 is 43.5 Å². The van der Waals surface area contributed by atoms with Gasteiger partial charge in [-0.25, -0.2) is 4.98 Å². The van der Waals surface area contributed by atoms with E-state index in [0.717, 1.165) is 0 Å². The predicted molar refractivity (Wildman–Crippen MR) is 61.7 cm³/mol. The first kappa shape index (κ1) is 12.4. The van der Waals surface area contributed by atoms with E-state index in [1.54, 1.807) is 0 Å². The van der Waals surface area contributed by atoms with E-state index in [1.165, 1.54) is 12.3 Å². The number of rotatable bonds is 3. The molecule has 0 aliphatic carbocycles. The fourth-order valence-corrected chi connectivity index (χ4v) is 1.92. The number of nitrogens with zero attached hydrogens (tertiary/aromatic N) is 1. The lowest BCUT2D eigenvalue weighted by Crippen LogP contribution is -2.19. The average molecular weight is 345 g/mol. The first-order chi connectivity index (χ1) is 6.56. The molecule has 0 fully saturated rings. The quantitative estimate of drug-likeness (QED) is 0.653. The molecule has 0 amide bonds. The van der Waals surface area contributed by atoms with Gasteiger partial charge >= 0.3 is 0 Å². The van der Waals surface area contributed by atoms with Crippen molar-refractivity contribution in [3.8, 4) is 0 Å². The zero-order valence-electron chi connectivity index (χ0n) is 6.99. The summed E-state index contributed by atoms with van der Waals surface area (Å²) in [5.74, 6) is 0. The molecule has 1 heterocycles. The Bertz CT molecular complexity index is 324. The lowest BCUT2D eigenvalue weighted by Gasteiger charge is -2.17. The molecule has 0 spiro atoms. The molecule has 0 aliphatic heterocycles. The smallest absolute Gasteiger partial charge is 0.129 e. The second-order valence-electron chi connectivity index (χ2n) is 2.70. The minimum absolute atomic E-state index is 0.282. The van der Waals surface area contributed by atoms with Crippen LogP contribution in [0, 0.1) is 0 Å². The highest BCUT2D eigenvalue weighted by Crippen LogP contribution is 2.27. The van der Waals surface area contributed by atoms with E-state index in [4.69, 9.17) is 11.6 Å². The highest BCUT2D eigenvalue weighted by atomic mass is 79.9. The van der Waals surface area contributed by atoms with E-state index in [1.807, 2.05) is 0 Å². The van der Waals surface area contributed by atoms with Crippen LogP contribution in [0.25, 0.3) is 0 Å². The Morgan fingerprint density at radius 2 is 2.14 bits per heavy atom. The van der Waals surface area contributed by atoms with Gasteiger partial charge in [0.05, 0.1) is 6.10 Å². The van der Waals surface area contributed by atoms with E-state index in [9.17, 15) is 10.2 Å². The largest absolute Gasteiger partial charge is 0.389 e. The molecule has 2 atom stereocenters. The third kappa shape index (κ3) is 2.90. The van der Waals surface area contributed by atoms with Gasteiger partial charge in [0.25, 0.3) is 0 Å². The molecular formula is C8H8Br2ClNO2. The Labute approximate surface area is 103 Å². The van der Waals surface area contributed by atoms with Gasteiger partial charge in [-0.15, -0.1) is 0 Å². The standard InChI is InChI=1S/C8H8Br2ClNO2/c9-2-6(13)8(14)4-1-7(11)12-3-5(4)10/h1,3,6,8,13-14H,2H2. The molecule has 2 N–H and O–H groups in total. The van der Waals surface area contributed by atoms with E-state index in [2.05, 4.69) is 36.8 Å². The third-order valence-corrected chi connectivity index (χ3v) is 3.23. The fourth-order valence-electron chi connectivity index (χ4n) is 0.946. The number of hydrogen-bond acceptors (Lipinski definition) is 3. The van der Waals surface area contributed by atoms with Gasteiger partial charge in [-0.2, -0.15) is 0 Å². The minimum atomic E-state index is -0.982. The van der Waals surface area contributed by atoms with Crippen LogP contribution in [0.4, 0.5) is 0 Å². The molecule has 3 nitrogen and oxygen atoms in total. The van der Waals surface area contributed by atoms with Crippen LogP contribution in [0.5, 0.6) is 0 Å². The molecule has 2 unspecified atom stereocenters. The molecule has 0 bridgehead atoms. The lowest BCUT2D eigenvalue weighted by atomic mass is 10.1. The topological polar surface area (TPSA) is 53.4 Å². The normalized spacial score (nSPS) is 15.2. The highest BCUT2D eigenvalue weighted by molar-refractivity contribution is 9.10. The fraction of sp³-hybridized carbons (Fsp3) is 0.375. The molecule has 0 saturated carbocycles. The summed E-state index contributed by atoms with van der Waals surface area (Å²) >= 11 is 12.0. The van der Waals surface area contributed by atoms with Crippen molar-refractivity contribution in [3.63, 3.8) is 0 Å². The van der Waals surface area contributed by atoms with Crippen LogP contribution in [0.15, 0.2) is 16.7 Å². The van der Waals surface area contributed by atoms with E-state index >= 15 is 0 Å². The van der Waals surface area contributed by atoms with Gasteiger partial charge in [-0.1, -0.05) is 27.5 Å². The summed E-state index contributed by atoms with van der Waals surface area (Å²) in [7, 11) is 0. The average Bonchev–Trinajstić information content (AvgIpc) is 2.19. The van der Waals surface area contributed by atoms with Crippen LogP contribution in [-0.4, -0.2) is 26.6 Å². The second kappa shape index (κ2) is 5.42. The summed E-state index contributed by atoms with van der Waals surface area (Å²) in [6.07, 6.45) is -0.365. The van der Waals surface area contributed by atoms with Gasteiger partial charge in [0, 0.05) is 21.6 Å². The summed E-state index contributed by atoms with van der Waals surface area (Å²) in [6, 6.07) is 1.52. The van der Waals surface area contributed by atoms with Crippen molar-refractivity contribution < 1.29 is 10.2 Å². The van der Waals surface area contributed by atoms with E-state index in [0.29, 0.717) is 15.4 Å². The van der Waals surface area contributed by atoms with Gasteiger partial charge in [-0.3, -0.25) is 0 Å². The van der Waals surface area contributed by atoms with Gasteiger partial charge in [0.1, 0.15) is 11.3 Å². The first-order valence-electron chi connectivity index (χ1n) is 3.79. The van der Waals surface area contributed by atoms with Crippen molar-refractivity contribution in [2.24, 2.45) is 0 Å². The first-order valence-corrected chi connectivity index (χ1v) is 6.08.